The zero-order valence-corrected chi connectivity index (χ0v) is 16.2. The quantitative estimate of drug-likeness (QED) is 0.588. The van der Waals surface area contributed by atoms with Crippen molar-refractivity contribution < 1.29 is 29.9 Å². The normalized spacial score (nSPS) is 12.7. The molecule has 0 radical (unpaired) electrons. The zero-order chi connectivity index (χ0) is 13.3. The molecule has 0 bridgehead atoms. The molecular weight excluding hydrogens is 399 g/mol. The van der Waals surface area contributed by atoms with Crippen LogP contribution >= 0.6 is 17.4 Å². The van der Waals surface area contributed by atoms with Gasteiger partial charge in [-0.2, -0.15) is 0 Å². The van der Waals surface area contributed by atoms with E-state index >= 15 is 0 Å². The molecule has 0 aromatic heterocycles. The fraction of sp³-hybridized carbons (Fsp3) is 0.800. The van der Waals surface area contributed by atoms with Crippen molar-refractivity contribution in [2.75, 3.05) is 0 Å². The van der Waals surface area contributed by atoms with Gasteiger partial charge in [-0.05, 0) is 41.5 Å². The molecule has 0 rings (SSSR count). The van der Waals surface area contributed by atoms with Crippen molar-refractivity contribution in [2.24, 2.45) is 9.98 Å². The number of aliphatic imine (C=N–C) groups is 2. The molecular formula is C10H20Cl3N2Nd. The second kappa shape index (κ2) is 11.6. The van der Waals surface area contributed by atoms with Gasteiger partial charge in [-0.1, -0.05) is 0 Å². The first kappa shape index (κ1) is 19.9. The van der Waals surface area contributed by atoms with Crippen molar-refractivity contribution >= 4 is 28.8 Å². The topological polar surface area (TPSA) is 24.7 Å². The van der Waals surface area contributed by atoms with Gasteiger partial charge < -0.3 is 0 Å². The maximum atomic E-state index is 5.02. The standard InChI is InChI=1S/C10H20N2.3ClH.Nd/c1-7(2)11-9(5)10(6)12-8(3)4;;;;/h7-8H,1-6H3;3*1H;/q;;;;+3/p-3. The summed E-state index contributed by atoms with van der Waals surface area (Å²) in [5, 5.41) is 0. The van der Waals surface area contributed by atoms with Crippen molar-refractivity contribution in [1.29, 1.82) is 0 Å². The molecule has 0 aliphatic heterocycles. The van der Waals surface area contributed by atoms with Crippen LogP contribution in [0.15, 0.2) is 9.98 Å². The predicted octanol–water partition coefficient (Wildman–Crippen LogP) is 4.79. The Morgan fingerprint density at radius 1 is 0.812 bits per heavy atom. The average molecular weight is 419 g/mol. The van der Waals surface area contributed by atoms with Crippen LogP contribution in [0, 0.1) is 29.9 Å². The van der Waals surface area contributed by atoms with E-state index in [0.29, 0.717) is 12.1 Å². The second-order valence-corrected chi connectivity index (χ2v) is 17.9. The van der Waals surface area contributed by atoms with Gasteiger partial charge in [-0.25, -0.2) is 0 Å². The molecule has 0 aromatic rings. The van der Waals surface area contributed by atoms with E-state index in [4.69, 9.17) is 17.4 Å². The second-order valence-electron chi connectivity index (χ2n) is 3.83. The minimum atomic E-state index is -2.24. The first-order valence-corrected chi connectivity index (χ1v) is 17.1. The molecule has 0 unspecified atom stereocenters. The summed E-state index contributed by atoms with van der Waals surface area (Å²) >= 11 is -2.24. The SMILES string of the molecule is CC(=NC(C)C)C(C)=NC(C)C.[Cl][Nd]([Cl])[Cl]. The van der Waals surface area contributed by atoms with Crippen LogP contribution in [0.25, 0.3) is 0 Å². The Hall–Kier alpha value is 1.56. The zero-order valence-electron chi connectivity index (χ0n) is 10.7. The molecule has 0 fully saturated rings. The molecule has 0 N–H and O–H groups in total. The van der Waals surface area contributed by atoms with Crippen LogP contribution in [0.2, 0.25) is 0 Å². The van der Waals surface area contributed by atoms with Crippen molar-refractivity contribution in [3.63, 3.8) is 0 Å². The summed E-state index contributed by atoms with van der Waals surface area (Å²) in [5.41, 5.74) is 2.11. The number of halogens is 3. The number of hydrogen-bond acceptors (Lipinski definition) is 2. The first-order valence-electron chi connectivity index (χ1n) is 5.09. The van der Waals surface area contributed by atoms with E-state index < -0.39 is 29.9 Å². The summed E-state index contributed by atoms with van der Waals surface area (Å²) in [7, 11) is 0. The molecule has 0 aliphatic carbocycles. The van der Waals surface area contributed by atoms with E-state index in [1.807, 2.05) is 13.8 Å². The fourth-order valence-corrected chi connectivity index (χ4v) is 0.961. The summed E-state index contributed by atoms with van der Waals surface area (Å²) in [6.07, 6.45) is 0. The molecule has 0 amide bonds. The van der Waals surface area contributed by atoms with Crippen LogP contribution < -0.4 is 0 Å². The summed E-state index contributed by atoms with van der Waals surface area (Å²) < 4.78 is 0. The van der Waals surface area contributed by atoms with E-state index in [0.717, 1.165) is 11.4 Å². The van der Waals surface area contributed by atoms with Gasteiger partial charge in [0, 0.05) is 12.1 Å². The molecule has 6 heteroatoms. The van der Waals surface area contributed by atoms with Crippen LogP contribution in [0.3, 0.4) is 0 Å². The molecule has 95 valence electrons. The molecule has 0 aliphatic rings. The van der Waals surface area contributed by atoms with Gasteiger partial charge in [0.1, 0.15) is 0 Å². The molecule has 16 heavy (non-hydrogen) atoms. The first-order chi connectivity index (χ1) is 7.16. The molecule has 0 atom stereocenters. The van der Waals surface area contributed by atoms with Gasteiger partial charge in [0.05, 0.1) is 11.4 Å². The Bertz CT molecular complexity index is 213. The van der Waals surface area contributed by atoms with E-state index in [1.165, 1.54) is 0 Å². The third-order valence-corrected chi connectivity index (χ3v) is 1.43. The van der Waals surface area contributed by atoms with E-state index in [-0.39, 0.29) is 0 Å². The maximum absolute atomic E-state index is 5.02. The summed E-state index contributed by atoms with van der Waals surface area (Å²) in [6.45, 7) is 12.3. The number of rotatable bonds is 3. The Balaban J connectivity index is 0. The molecule has 0 aromatic carbocycles. The van der Waals surface area contributed by atoms with Crippen molar-refractivity contribution in [2.45, 2.75) is 53.6 Å². The molecule has 0 saturated heterocycles. The average Bonchev–Trinajstić information content (AvgIpc) is 1.99. The number of nitrogens with zero attached hydrogens (tertiary/aromatic N) is 2. The van der Waals surface area contributed by atoms with E-state index in [2.05, 4.69) is 37.7 Å². The Morgan fingerprint density at radius 3 is 1.12 bits per heavy atom. The number of hydrogen-bond donors (Lipinski definition) is 0. The summed E-state index contributed by atoms with van der Waals surface area (Å²) in [4.78, 5) is 8.83. The van der Waals surface area contributed by atoms with Crippen molar-refractivity contribution in [1.82, 2.24) is 0 Å². The Labute approximate surface area is 121 Å². The predicted molar refractivity (Wildman–Crippen MR) is 74.0 cm³/mol. The summed E-state index contributed by atoms with van der Waals surface area (Å²) in [5.74, 6) is 15.1. The third-order valence-electron chi connectivity index (χ3n) is 1.43. The van der Waals surface area contributed by atoms with Crippen LogP contribution in [0.4, 0.5) is 0 Å². The van der Waals surface area contributed by atoms with Crippen LogP contribution in [0.5, 0.6) is 0 Å². The molecule has 0 spiro atoms. The third kappa shape index (κ3) is 17.9. The van der Waals surface area contributed by atoms with Gasteiger partial charge in [0.25, 0.3) is 0 Å². The molecule has 0 saturated carbocycles. The minimum absolute atomic E-state index is 0.363. The van der Waals surface area contributed by atoms with E-state index in [9.17, 15) is 0 Å². The van der Waals surface area contributed by atoms with Gasteiger partial charge in [-0.15, -0.1) is 0 Å². The van der Waals surface area contributed by atoms with Gasteiger partial charge in [-0.3, -0.25) is 9.98 Å². The van der Waals surface area contributed by atoms with Crippen molar-refractivity contribution in [3.8, 4) is 0 Å². The monoisotopic (exact) mass is 415 g/mol. The fourth-order valence-electron chi connectivity index (χ4n) is 0.961. The molecule has 0 heterocycles. The summed E-state index contributed by atoms with van der Waals surface area (Å²) in [6, 6.07) is 0.727. The van der Waals surface area contributed by atoms with Gasteiger partial charge >= 0.3 is 47.3 Å². The Morgan fingerprint density at radius 2 is 1.00 bits per heavy atom. The van der Waals surface area contributed by atoms with Crippen LogP contribution in [-0.2, 0) is 0 Å². The van der Waals surface area contributed by atoms with Gasteiger partial charge in [0.15, 0.2) is 0 Å². The van der Waals surface area contributed by atoms with E-state index in [1.54, 1.807) is 0 Å². The van der Waals surface area contributed by atoms with Crippen LogP contribution in [-0.4, -0.2) is 23.5 Å². The van der Waals surface area contributed by atoms with Crippen molar-refractivity contribution in [3.05, 3.63) is 0 Å². The Kier molecular flexibility index (Phi) is 14.5. The van der Waals surface area contributed by atoms with Crippen LogP contribution in [0.1, 0.15) is 41.5 Å². The molecule has 2 nitrogen and oxygen atoms in total. The van der Waals surface area contributed by atoms with Gasteiger partial charge in [0.2, 0.25) is 0 Å².